The van der Waals surface area contributed by atoms with Gasteiger partial charge in [0.15, 0.2) is 0 Å². The predicted molar refractivity (Wildman–Crippen MR) is 138 cm³/mol. The van der Waals surface area contributed by atoms with Crippen LogP contribution in [0.2, 0.25) is 0 Å². The average Bonchev–Trinajstić information content (AvgIpc) is 3.33. The highest BCUT2D eigenvalue weighted by molar-refractivity contribution is 8.76. The van der Waals surface area contributed by atoms with Gasteiger partial charge in [-0.25, -0.2) is 14.9 Å². The van der Waals surface area contributed by atoms with Crippen LogP contribution in [0.25, 0.3) is 0 Å². The Balaban J connectivity index is 1.08. The first kappa shape index (κ1) is 26.8. The van der Waals surface area contributed by atoms with Gasteiger partial charge in [0.2, 0.25) is 11.8 Å². The quantitative estimate of drug-likeness (QED) is 0.299. The minimum absolute atomic E-state index is 0.0239. The van der Waals surface area contributed by atoms with Crippen LogP contribution in [0.15, 0.2) is 46.6 Å². The van der Waals surface area contributed by atoms with E-state index >= 15 is 0 Å². The Hall–Kier alpha value is -3.23. The van der Waals surface area contributed by atoms with Gasteiger partial charge in [0.05, 0.1) is 19.3 Å². The zero-order valence-electron chi connectivity index (χ0n) is 20.6. The van der Waals surface area contributed by atoms with Gasteiger partial charge < -0.3 is 20.1 Å². The summed E-state index contributed by atoms with van der Waals surface area (Å²) < 4.78 is 11.4. The highest BCUT2D eigenvalue weighted by atomic mass is 33.1. The van der Waals surface area contributed by atoms with Crippen molar-refractivity contribution in [2.45, 2.75) is 43.2 Å². The lowest BCUT2D eigenvalue weighted by atomic mass is 10.2. The third-order valence-electron chi connectivity index (χ3n) is 5.39. The van der Waals surface area contributed by atoms with Gasteiger partial charge in [0, 0.05) is 35.9 Å². The van der Waals surface area contributed by atoms with E-state index in [1.807, 2.05) is 36.2 Å². The Morgan fingerprint density at radius 3 is 2.68 bits per heavy atom. The third-order valence-corrected chi connectivity index (χ3v) is 8.30. The van der Waals surface area contributed by atoms with Gasteiger partial charge in [-0.2, -0.15) is 0 Å². The molecule has 2 heterocycles. The van der Waals surface area contributed by atoms with E-state index in [1.54, 1.807) is 27.8 Å². The summed E-state index contributed by atoms with van der Waals surface area (Å²) in [5.74, 6) is -0.421. The van der Waals surface area contributed by atoms with Crippen LogP contribution in [0.5, 0.6) is 0 Å². The van der Waals surface area contributed by atoms with E-state index < -0.39 is 6.09 Å². The standard InChI is InChI=1S/C23H29N7O5S2/c1-15(8-24-21(31)12-29-11-18(26-28-29)9-25-22(32)14-34-2)36-37-19-5-3-16(4-6-19)13-35-23(33)27-30-10-17-7-20(17)30/h3-6,11,15H,7-10,12-14H2,1-2H3,(H,24,31)(H,25,32)(H,27,33). The number of ether oxygens (including phenoxy) is 2. The van der Waals surface area contributed by atoms with Crippen LogP contribution >= 0.6 is 21.6 Å². The molecule has 198 valence electrons. The van der Waals surface area contributed by atoms with Crippen molar-refractivity contribution in [2.75, 3.05) is 26.8 Å². The van der Waals surface area contributed by atoms with E-state index in [4.69, 9.17) is 9.47 Å². The molecule has 1 unspecified atom stereocenters. The number of benzene rings is 1. The van der Waals surface area contributed by atoms with E-state index in [0.717, 1.165) is 23.4 Å². The molecule has 2 aromatic rings. The molecule has 1 aromatic carbocycles. The minimum Gasteiger partial charge on any atom is -0.443 e. The zero-order valence-corrected chi connectivity index (χ0v) is 22.2. The van der Waals surface area contributed by atoms with Crippen molar-refractivity contribution in [3.63, 3.8) is 0 Å². The van der Waals surface area contributed by atoms with E-state index in [1.165, 1.54) is 23.1 Å². The molecule has 14 heteroatoms. The van der Waals surface area contributed by atoms with Crippen molar-refractivity contribution in [1.29, 1.82) is 0 Å². The number of aromatic nitrogens is 3. The van der Waals surface area contributed by atoms with Crippen LogP contribution < -0.4 is 16.1 Å². The van der Waals surface area contributed by atoms with Crippen molar-refractivity contribution in [3.8, 4) is 0 Å². The molecule has 0 spiro atoms. The van der Waals surface area contributed by atoms with Crippen LogP contribution in [-0.2, 0) is 38.8 Å². The predicted octanol–water partition coefficient (Wildman–Crippen LogP) is 1.60. The summed E-state index contributed by atoms with van der Waals surface area (Å²) in [6.45, 7) is 3.79. The third kappa shape index (κ3) is 8.40. The number of rotatable bonds is 14. The van der Waals surface area contributed by atoms with Crippen LogP contribution in [-0.4, -0.2) is 70.0 Å². The fourth-order valence-electron chi connectivity index (χ4n) is 3.33. The van der Waals surface area contributed by atoms with Gasteiger partial charge in [0.1, 0.15) is 25.5 Å². The SMILES string of the molecule is COCC(=O)NCc1cn(CC(=O)NCC(C)SSc2ccc(COC(=O)NN3CC4=C3C4)cc2)nn1. The maximum absolute atomic E-state index is 12.2. The molecule has 0 saturated heterocycles. The number of methoxy groups -OCH3 is 1. The van der Waals surface area contributed by atoms with E-state index in [2.05, 4.69) is 26.4 Å². The van der Waals surface area contributed by atoms with E-state index in [0.29, 0.717) is 12.2 Å². The molecule has 0 bridgehead atoms. The van der Waals surface area contributed by atoms with E-state index in [9.17, 15) is 14.4 Å². The highest BCUT2D eigenvalue weighted by Gasteiger charge is 2.39. The lowest BCUT2D eigenvalue weighted by molar-refractivity contribution is -0.125. The second-order valence-electron chi connectivity index (χ2n) is 8.56. The normalized spacial score (nSPS) is 14.4. The number of nitrogens with zero attached hydrogens (tertiary/aromatic N) is 4. The number of carbonyl (C=O) groups excluding carboxylic acids is 3. The fourth-order valence-corrected chi connectivity index (χ4v) is 5.36. The van der Waals surface area contributed by atoms with Crippen LogP contribution in [0.3, 0.4) is 0 Å². The van der Waals surface area contributed by atoms with Gasteiger partial charge in [-0.05, 0) is 23.3 Å². The number of hydrogen-bond acceptors (Lipinski definition) is 10. The van der Waals surface area contributed by atoms with Gasteiger partial charge in [0.25, 0.3) is 0 Å². The molecule has 3 N–H and O–H groups in total. The first-order chi connectivity index (χ1) is 17.9. The Kier molecular flexibility index (Phi) is 9.30. The van der Waals surface area contributed by atoms with E-state index in [-0.39, 0.29) is 43.4 Å². The molecule has 1 aliphatic heterocycles. The number of hydrazine groups is 1. The monoisotopic (exact) mass is 547 g/mol. The lowest BCUT2D eigenvalue weighted by Gasteiger charge is -2.24. The Morgan fingerprint density at radius 1 is 1.16 bits per heavy atom. The smallest absolute Gasteiger partial charge is 0.426 e. The zero-order chi connectivity index (χ0) is 26.2. The van der Waals surface area contributed by atoms with Gasteiger partial charge in [-0.1, -0.05) is 45.9 Å². The van der Waals surface area contributed by atoms with Gasteiger partial charge in [-0.3, -0.25) is 14.6 Å². The molecule has 2 aliphatic rings. The molecule has 1 aromatic heterocycles. The molecule has 1 atom stereocenters. The molecule has 0 saturated carbocycles. The van der Waals surface area contributed by atoms with Gasteiger partial charge >= 0.3 is 6.09 Å². The lowest BCUT2D eigenvalue weighted by Crippen LogP contribution is -2.42. The van der Waals surface area contributed by atoms with Crippen molar-refractivity contribution < 1.29 is 23.9 Å². The van der Waals surface area contributed by atoms with Crippen molar-refractivity contribution in [3.05, 3.63) is 53.0 Å². The van der Waals surface area contributed by atoms with Crippen LogP contribution in [0.1, 0.15) is 24.6 Å². The van der Waals surface area contributed by atoms with Crippen molar-refractivity contribution in [2.24, 2.45) is 0 Å². The molecule has 4 rings (SSSR count). The van der Waals surface area contributed by atoms with Crippen LogP contribution in [0, 0.1) is 0 Å². The summed E-state index contributed by atoms with van der Waals surface area (Å²) in [7, 11) is 4.71. The molecular weight excluding hydrogens is 518 g/mol. The minimum atomic E-state index is -0.445. The van der Waals surface area contributed by atoms with Crippen molar-refractivity contribution >= 4 is 39.5 Å². The molecule has 0 radical (unpaired) electrons. The summed E-state index contributed by atoms with van der Waals surface area (Å²) in [5.41, 5.74) is 6.80. The Labute approximate surface area is 222 Å². The molecule has 3 amide bonds. The second-order valence-corrected chi connectivity index (χ2v) is 11.3. The van der Waals surface area contributed by atoms with Crippen LogP contribution in [0.4, 0.5) is 4.79 Å². The molecule has 37 heavy (non-hydrogen) atoms. The molecule has 1 aliphatic carbocycles. The van der Waals surface area contributed by atoms with Gasteiger partial charge in [-0.15, -0.1) is 5.10 Å². The number of nitrogens with one attached hydrogen (secondary N) is 3. The number of hydrogen-bond donors (Lipinski definition) is 3. The first-order valence-electron chi connectivity index (χ1n) is 11.6. The average molecular weight is 548 g/mol. The second kappa shape index (κ2) is 12.8. The molecular formula is C23H29N7O5S2. The molecule has 0 fully saturated rings. The maximum Gasteiger partial charge on any atom is 0.426 e. The summed E-state index contributed by atoms with van der Waals surface area (Å²) >= 11 is 0. The molecule has 12 nitrogen and oxygen atoms in total. The first-order valence-corrected chi connectivity index (χ1v) is 13.9. The highest BCUT2D eigenvalue weighted by Crippen LogP contribution is 2.42. The van der Waals surface area contributed by atoms with Crippen molar-refractivity contribution in [1.82, 2.24) is 36.1 Å². The summed E-state index contributed by atoms with van der Waals surface area (Å²) in [6.07, 6.45) is 2.18. The topological polar surface area (TPSA) is 140 Å². The summed E-state index contributed by atoms with van der Waals surface area (Å²) in [6, 6.07) is 7.83. The summed E-state index contributed by atoms with van der Waals surface area (Å²) in [5, 5.41) is 15.4. The Morgan fingerprint density at radius 2 is 1.97 bits per heavy atom. The number of amides is 3. The number of carbonyl (C=O) groups is 3. The maximum atomic E-state index is 12.2. The summed E-state index contributed by atoms with van der Waals surface area (Å²) in [4.78, 5) is 36.6. The Bertz CT molecular complexity index is 1150. The number of allylic oxidation sites excluding steroid dienone is 1. The fraction of sp³-hybridized carbons (Fsp3) is 0.435. The largest absolute Gasteiger partial charge is 0.443 e.